The van der Waals surface area contributed by atoms with E-state index in [0.717, 1.165) is 17.5 Å². The minimum atomic E-state index is -0.769. The summed E-state index contributed by atoms with van der Waals surface area (Å²) in [6.07, 6.45) is 4.85. The van der Waals surface area contributed by atoms with E-state index in [-0.39, 0.29) is 25.0 Å². The van der Waals surface area contributed by atoms with Crippen LogP contribution in [-0.2, 0) is 14.3 Å². The number of ether oxygens (including phenoxy) is 1. The summed E-state index contributed by atoms with van der Waals surface area (Å²) in [6, 6.07) is 16.3. The third kappa shape index (κ3) is 5.24. The number of aliphatic carboxylic acids is 1. The van der Waals surface area contributed by atoms with E-state index >= 15 is 0 Å². The van der Waals surface area contributed by atoms with E-state index < -0.39 is 17.5 Å². The lowest BCUT2D eigenvalue weighted by Crippen LogP contribution is -2.46. The molecule has 35 heavy (non-hydrogen) atoms. The van der Waals surface area contributed by atoms with Gasteiger partial charge in [0.05, 0.1) is 5.41 Å². The smallest absolute Gasteiger partial charge is 0.407 e. The predicted molar refractivity (Wildman–Crippen MR) is 133 cm³/mol. The highest BCUT2D eigenvalue weighted by molar-refractivity contribution is 5.88. The van der Waals surface area contributed by atoms with Crippen LogP contribution in [0.4, 0.5) is 4.79 Å². The first kappa shape index (κ1) is 24.5. The SMILES string of the molecule is CCCC1(C(=O)O)CCN(C(=O)/C=C/CNC(=O)OCC2c3ccccc3-c3ccccc32)CC1. The number of benzene rings is 2. The van der Waals surface area contributed by atoms with Crippen molar-refractivity contribution in [3.05, 3.63) is 71.8 Å². The van der Waals surface area contributed by atoms with Gasteiger partial charge in [-0.3, -0.25) is 9.59 Å². The summed E-state index contributed by atoms with van der Waals surface area (Å²) in [7, 11) is 0. The van der Waals surface area contributed by atoms with Gasteiger partial charge >= 0.3 is 12.1 Å². The maximum atomic E-state index is 12.5. The third-order valence-corrected chi connectivity index (χ3v) is 7.18. The van der Waals surface area contributed by atoms with Crippen LogP contribution in [0.5, 0.6) is 0 Å². The van der Waals surface area contributed by atoms with Crippen LogP contribution < -0.4 is 5.32 Å². The summed E-state index contributed by atoms with van der Waals surface area (Å²) >= 11 is 0. The Bertz CT molecular complexity index is 1070. The number of amides is 2. The highest BCUT2D eigenvalue weighted by Gasteiger charge is 2.41. The molecule has 0 atom stereocenters. The Morgan fingerprint density at radius 2 is 1.66 bits per heavy atom. The normalized spacial score (nSPS) is 16.5. The molecule has 0 saturated carbocycles. The number of piperidine rings is 1. The van der Waals surface area contributed by atoms with Crippen molar-refractivity contribution < 1.29 is 24.2 Å². The standard InChI is InChI=1S/C28H32N2O5/c1-2-13-28(26(32)33)14-17-30(18-15-28)25(31)12-7-16-29-27(34)35-19-24-22-10-5-3-8-20(22)21-9-4-6-11-23(21)24/h3-12,24H,2,13-19H2,1H3,(H,29,34)(H,32,33)/b12-7+. The molecular weight excluding hydrogens is 444 g/mol. The molecule has 1 aliphatic heterocycles. The van der Waals surface area contributed by atoms with E-state index in [2.05, 4.69) is 29.6 Å². The van der Waals surface area contributed by atoms with Crippen molar-refractivity contribution in [2.24, 2.45) is 5.41 Å². The number of nitrogens with zero attached hydrogens (tertiary/aromatic N) is 1. The summed E-state index contributed by atoms with van der Waals surface area (Å²) in [5, 5.41) is 12.3. The zero-order valence-corrected chi connectivity index (χ0v) is 20.0. The summed E-state index contributed by atoms with van der Waals surface area (Å²) < 4.78 is 5.50. The number of fused-ring (bicyclic) bond motifs is 3. The van der Waals surface area contributed by atoms with E-state index in [0.29, 0.717) is 32.4 Å². The van der Waals surface area contributed by atoms with Crippen molar-refractivity contribution in [1.29, 1.82) is 0 Å². The molecular formula is C28H32N2O5. The molecule has 0 unspecified atom stereocenters. The average Bonchev–Trinajstić information content (AvgIpc) is 3.19. The van der Waals surface area contributed by atoms with Gasteiger partial charge in [-0.1, -0.05) is 68.0 Å². The van der Waals surface area contributed by atoms with E-state index in [9.17, 15) is 19.5 Å². The molecule has 184 valence electrons. The number of carbonyl (C=O) groups is 3. The van der Waals surface area contributed by atoms with Crippen LogP contribution in [0.1, 0.15) is 49.7 Å². The molecule has 2 amide bonds. The summed E-state index contributed by atoms with van der Waals surface area (Å²) in [4.78, 5) is 38.1. The Labute approximate surface area is 205 Å². The molecule has 0 bridgehead atoms. The molecule has 2 aromatic rings. The van der Waals surface area contributed by atoms with Crippen LogP contribution in [0.25, 0.3) is 11.1 Å². The van der Waals surface area contributed by atoms with Crippen molar-refractivity contribution in [3.63, 3.8) is 0 Å². The van der Waals surface area contributed by atoms with E-state index in [1.165, 1.54) is 17.2 Å². The second-order valence-electron chi connectivity index (χ2n) is 9.27. The van der Waals surface area contributed by atoms with Gasteiger partial charge in [0.15, 0.2) is 0 Å². The highest BCUT2D eigenvalue weighted by atomic mass is 16.5. The van der Waals surface area contributed by atoms with Crippen LogP contribution in [0.3, 0.4) is 0 Å². The van der Waals surface area contributed by atoms with Crippen LogP contribution in [0, 0.1) is 5.41 Å². The second kappa shape index (κ2) is 10.8. The van der Waals surface area contributed by atoms with Crippen molar-refractivity contribution in [1.82, 2.24) is 10.2 Å². The van der Waals surface area contributed by atoms with Crippen LogP contribution in [0.15, 0.2) is 60.7 Å². The molecule has 2 N–H and O–H groups in total. The fourth-order valence-electron chi connectivity index (χ4n) is 5.26. The van der Waals surface area contributed by atoms with E-state index in [1.54, 1.807) is 11.0 Å². The molecule has 1 fully saturated rings. The number of likely N-dealkylation sites (tertiary alicyclic amines) is 1. The molecule has 1 aliphatic carbocycles. The van der Waals surface area contributed by atoms with Gasteiger partial charge in [-0.2, -0.15) is 0 Å². The zero-order valence-electron chi connectivity index (χ0n) is 20.0. The Balaban J connectivity index is 1.23. The topological polar surface area (TPSA) is 95.9 Å². The molecule has 0 spiro atoms. The lowest BCUT2D eigenvalue weighted by molar-refractivity contribution is -0.154. The first-order chi connectivity index (χ1) is 16.9. The highest BCUT2D eigenvalue weighted by Crippen LogP contribution is 2.44. The van der Waals surface area contributed by atoms with E-state index in [1.807, 2.05) is 31.2 Å². The molecule has 7 nitrogen and oxygen atoms in total. The van der Waals surface area contributed by atoms with Crippen LogP contribution >= 0.6 is 0 Å². The number of hydrogen-bond donors (Lipinski definition) is 2. The fourth-order valence-corrected chi connectivity index (χ4v) is 5.26. The fraction of sp³-hybridized carbons (Fsp3) is 0.393. The Hall–Kier alpha value is -3.61. The van der Waals surface area contributed by atoms with Gasteiger partial charge in [0.25, 0.3) is 0 Å². The maximum absolute atomic E-state index is 12.5. The van der Waals surface area contributed by atoms with Crippen LogP contribution in [-0.4, -0.2) is 54.2 Å². The van der Waals surface area contributed by atoms with Crippen molar-refractivity contribution in [2.45, 2.75) is 38.5 Å². The zero-order chi connectivity index (χ0) is 24.8. The molecule has 7 heteroatoms. The molecule has 2 aromatic carbocycles. The monoisotopic (exact) mass is 476 g/mol. The summed E-state index contributed by atoms with van der Waals surface area (Å²) in [6.45, 7) is 3.24. The van der Waals surface area contributed by atoms with Crippen molar-refractivity contribution >= 4 is 18.0 Å². The van der Waals surface area contributed by atoms with Crippen molar-refractivity contribution in [2.75, 3.05) is 26.2 Å². The average molecular weight is 477 g/mol. The van der Waals surface area contributed by atoms with Gasteiger partial charge in [-0.25, -0.2) is 4.79 Å². The van der Waals surface area contributed by atoms with Crippen molar-refractivity contribution in [3.8, 4) is 11.1 Å². The number of carboxylic acids is 1. The molecule has 0 aromatic heterocycles. The second-order valence-corrected chi connectivity index (χ2v) is 9.27. The Morgan fingerprint density at radius 3 is 2.23 bits per heavy atom. The number of alkyl carbamates (subject to hydrolysis) is 1. The number of carboxylic acid groups (broad SMARTS) is 1. The quantitative estimate of drug-likeness (QED) is 0.544. The van der Waals surface area contributed by atoms with Gasteiger partial charge in [0, 0.05) is 31.6 Å². The number of hydrogen-bond acceptors (Lipinski definition) is 4. The van der Waals surface area contributed by atoms with Gasteiger partial charge < -0.3 is 20.1 Å². The predicted octanol–water partition coefficient (Wildman–Crippen LogP) is 4.57. The van der Waals surface area contributed by atoms with Gasteiger partial charge in [0.1, 0.15) is 6.61 Å². The lowest BCUT2D eigenvalue weighted by atomic mass is 9.75. The maximum Gasteiger partial charge on any atom is 0.407 e. The number of rotatable bonds is 8. The minimum absolute atomic E-state index is 0.00463. The van der Waals surface area contributed by atoms with Crippen LogP contribution in [0.2, 0.25) is 0 Å². The number of nitrogens with one attached hydrogen (secondary N) is 1. The third-order valence-electron chi connectivity index (χ3n) is 7.18. The minimum Gasteiger partial charge on any atom is -0.481 e. The largest absolute Gasteiger partial charge is 0.481 e. The summed E-state index contributed by atoms with van der Waals surface area (Å²) in [5.41, 5.74) is 3.93. The Kier molecular flexibility index (Phi) is 7.54. The first-order valence-corrected chi connectivity index (χ1v) is 12.2. The Morgan fingerprint density at radius 1 is 1.06 bits per heavy atom. The molecule has 2 aliphatic rings. The van der Waals surface area contributed by atoms with Gasteiger partial charge in [0.2, 0.25) is 5.91 Å². The molecule has 4 rings (SSSR count). The summed E-state index contributed by atoms with van der Waals surface area (Å²) in [5.74, 6) is -0.945. The molecule has 1 saturated heterocycles. The first-order valence-electron chi connectivity index (χ1n) is 12.2. The molecule has 0 radical (unpaired) electrons. The van der Waals surface area contributed by atoms with Gasteiger partial charge in [-0.05, 0) is 41.5 Å². The van der Waals surface area contributed by atoms with Gasteiger partial charge in [-0.15, -0.1) is 0 Å². The number of carbonyl (C=O) groups excluding carboxylic acids is 2. The lowest BCUT2D eigenvalue weighted by Gasteiger charge is -2.38. The molecule has 1 heterocycles. The van der Waals surface area contributed by atoms with E-state index in [4.69, 9.17) is 4.74 Å².